The van der Waals surface area contributed by atoms with Crippen molar-refractivity contribution in [1.29, 1.82) is 0 Å². The van der Waals surface area contributed by atoms with Gasteiger partial charge in [-0.05, 0) is 48.6 Å². The Labute approximate surface area is 120 Å². The van der Waals surface area contributed by atoms with Crippen LogP contribution in [0.15, 0.2) is 42.7 Å². The van der Waals surface area contributed by atoms with Gasteiger partial charge >= 0.3 is 0 Å². The van der Waals surface area contributed by atoms with Gasteiger partial charge in [-0.2, -0.15) is 0 Å². The zero-order valence-corrected chi connectivity index (χ0v) is 11.9. The highest BCUT2D eigenvalue weighted by molar-refractivity contribution is 5.59. The lowest BCUT2D eigenvalue weighted by molar-refractivity contribution is 0.811. The summed E-state index contributed by atoms with van der Waals surface area (Å²) in [5.74, 6) is 0. The number of aromatic nitrogens is 1. The maximum absolute atomic E-state index is 5.96. The number of nitrogens with two attached hydrogens (primary N) is 1. The molecule has 1 aliphatic heterocycles. The molecular weight excluding hydrogens is 246 g/mol. The molecule has 2 heterocycles. The molecule has 0 radical (unpaired) electrons. The van der Waals surface area contributed by atoms with Crippen molar-refractivity contribution in [1.82, 2.24) is 4.98 Å². The summed E-state index contributed by atoms with van der Waals surface area (Å²) in [6, 6.07) is 10.9. The first-order chi connectivity index (χ1) is 9.74. The smallest absolute Gasteiger partial charge is 0.0399 e. The zero-order valence-electron chi connectivity index (χ0n) is 11.9. The van der Waals surface area contributed by atoms with Gasteiger partial charge in [0.15, 0.2) is 0 Å². The topological polar surface area (TPSA) is 42.1 Å². The van der Waals surface area contributed by atoms with Gasteiger partial charge in [0.25, 0.3) is 0 Å². The Morgan fingerprint density at radius 1 is 1.35 bits per heavy atom. The number of hydrogen-bond donors (Lipinski definition) is 1. The Hall–Kier alpha value is -1.87. The second-order valence-electron chi connectivity index (χ2n) is 5.53. The number of benzene rings is 1. The standard InChI is InChI=1S/C17H21N3/c1-13(18)15-4-5-17-16(11-15)7-10-20(17)9-6-14-3-2-8-19-12-14/h2-5,8,11-13H,6-7,9-10,18H2,1H3. The van der Waals surface area contributed by atoms with E-state index in [1.165, 1.54) is 22.4 Å². The summed E-state index contributed by atoms with van der Waals surface area (Å²) in [6.45, 7) is 4.20. The van der Waals surface area contributed by atoms with Gasteiger partial charge in [0, 0.05) is 37.2 Å². The van der Waals surface area contributed by atoms with Crippen molar-refractivity contribution in [2.45, 2.75) is 25.8 Å². The van der Waals surface area contributed by atoms with Gasteiger partial charge in [0.05, 0.1) is 0 Å². The Balaban J connectivity index is 1.70. The monoisotopic (exact) mass is 267 g/mol. The fraction of sp³-hybridized carbons (Fsp3) is 0.353. The van der Waals surface area contributed by atoms with E-state index in [-0.39, 0.29) is 6.04 Å². The van der Waals surface area contributed by atoms with Crippen molar-refractivity contribution in [2.24, 2.45) is 5.73 Å². The summed E-state index contributed by atoms with van der Waals surface area (Å²) in [7, 11) is 0. The molecule has 0 spiro atoms. The van der Waals surface area contributed by atoms with Crippen LogP contribution in [-0.4, -0.2) is 18.1 Å². The van der Waals surface area contributed by atoms with Crippen molar-refractivity contribution in [2.75, 3.05) is 18.0 Å². The molecular formula is C17H21N3. The lowest BCUT2D eigenvalue weighted by Crippen LogP contribution is -2.23. The Morgan fingerprint density at radius 2 is 2.25 bits per heavy atom. The molecule has 0 amide bonds. The molecule has 1 aromatic heterocycles. The van der Waals surface area contributed by atoms with Crippen LogP contribution < -0.4 is 10.6 Å². The van der Waals surface area contributed by atoms with Crippen LogP contribution in [0.5, 0.6) is 0 Å². The predicted octanol–water partition coefficient (Wildman–Crippen LogP) is 2.71. The second kappa shape index (κ2) is 5.63. The summed E-state index contributed by atoms with van der Waals surface area (Å²) >= 11 is 0. The lowest BCUT2D eigenvalue weighted by Gasteiger charge is -2.19. The molecule has 1 aliphatic rings. The van der Waals surface area contributed by atoms with E-state index < -0.39 is 0 Å². The maximum atomic E-state index is 5.96. The van der Waals surface area contributed by atoms with E-state index in [1.54, 1.807) is 0 Å². The lowest BCUT2D eigenvalue weighted by atomic mass is 10.0. The van der Waals surface area contributed by atoms with Crippen LogP contribution in [0, 0.1) is 0 Å². The third-order valence-electron chi connectivity index (χ3n) is 4.01. The molecule has 2 N–H and O–H groups in total. The van der Waals surface area contributed by atoms with E-state index >= 15 is 0 Å². The Kier molecular flexibility index (Phi) is 3.70. The number of pyridine rings is 1. The summed E-state index contributed by atoms with van der Waals surface area (Å²) in [5.41, 5.74) is 11.3. The van der Waals surface area contributed by atoms with Crippen LogP contribution in [0.2, 0.25) is 0 Å². The Bertz CT molecular complexity index is 578. The van der Waals surface area contributed by atoms with Gasteiger partial charge < -0.3 is 10.6 Å². The molecule has 1 atom stereocenters. The molecule has 104 valence electrons. The largest absolute Gasteiger partial charge is 0.371 e. The minimum Gasteiger partial charge on any atom is -0.371 e. The van der Waals surface area contributed by atoms with E-state index in [1.807, 2.05) is 25.4 Å². The summed E-state index contributed by atoms with van der Waals surface area (Å²) in [6.07, 6.45) is 5.95. The molecule has 0 saturated heterocycles. The van der Waals surface area contributed by atoms with Crippen LogP contribution in [0.3, 0.4) is 0 Å². The van der Waals surface area contributed by atoms with Gasteiger partial charge in [-0.1, -0.05) is 18.2 Å². The summed E-state index contributed by atoms with van der Waals surface area (Å²) in [4.78, 5) is 6.64. The van der Waals surface area contributed by atoms with E-state index in [9.17, 15) is 0 Å². The summed E-state index contributed by atoms with van der Waals surface area (Å²) < 4.78 is 0. The quantitative estimate of drug-likeness (QED) is 0.926. The maximum Gasteiger partial charge on any atom is 0.0399 e. The number of rotatable bonds is 4. The van der Waals surface area contributed by atoms with Crippen molar-refractivity contribution in [3.05, 3.63) is 59.4 Å². The molecule has 3 nitrogen and oxygen atoms in total. The zero-order chi connectivity index (χ0) is 13.9. The first kappa shape index (κ1) is 13.1. The highest BCUT2D eigenvalue weighted by atomic mass is 15.1. The van der Waals surface area contributed by atoms with Gasteiger partial charge in [-0.15, -0.1) is 0 Å². The highest BCUT2D eigenvalue weighted by Gasteiger charge is 2.19. The van der Waals surface area contributed by atoms with Crippen molar-refractivity contribution in [3.63, 3.8) is 0 Å². The molecule has 0 aliphatic carbocycles. The molecule has 1 unspecified atom stereocenters. The molecule has 20 heavy (non-hydrogen) atoms. The predicted molar refractivity (Wildman–Crippen MR) is 82.9 cm³/mol. The molecule has 1 aromatic carbocycles. The average Bonchev–Trinajstić information content (AvgIpc) is 2.88. The normalized spacial score (nSPS) is 15.2. The van der Waals surface area contributed by atoms with Crippen molar-refractivity contribution < 1.29 is 0 Å². The fourth-order valence-corrected chi connectivity index (χ4v) is 2.82. The number of anilines is 1. The van der Waals surface area contributed by atoms with E-state index in [0.29, 0.717) is 0 Å². The van der Waals surface area contributed by atoms with Gasteiger partial charge in [-0.3, -0.25) is 4.98 Å². The third-order valence-corrected chi connectivity index (χ3v) is 4.01. The van der Waals surface area contributed by atoms with E-state index in [4.69, 9.17) is 5.73 Å². The summed E-state index contributed by atoms with van der Waals surface area (Å²) in [5, 5.41) is 0. The SMILES string of the molecule is CC(N)c1ccc2c(c1)CCN2CCc1cccnc1. The molecule has 2 aromatic rings. The van der Waals surface area contributed by atoms with E-state index in [0.717, 1.165) is 25.9 Å². The molecule has 0 saturated carbocycles. The second-order valence-corrected chi connectivity index (χ2v) is 5.53. The number of nitrogens with zero attached hydrogens (tertiary/aromatic N) is 2. The van der Waals surface area contributed by atoms with Crippen molar-refractivity contribution >= 4 is 5.69 Å². The third kappa shape index (κ3) is 2.68. The Morgan fingerprint density at radius 3 is 3.00 bits per heavy atom. The van der Waals surface area contributed by atoms with Crippen LogP contribution in [0.25, 0.3) is 0 Å². The van der Waals surface area contributed by atoms with Gasteiger partial charge in [0.1, 0.15) is 0 Å². The van der Waals surface area contributed by atoms with Crippen molar-refractivity contribution in [3.8, 4) is 0 Å². The van der Waals surface area contributed by atoms with Crippen LogP contribution in [0.1, 0.15) is 29.7 Å². The first-order valence-electron chi connectivity index (χ1n) is 7.26. The molecule has 3 rings (SSSR count). The van der Waals surface area contributed by atoms with Crippen LogP contribution in [0.4, 0.5) is 5.69 Å². The number of fused-ring (bicyclic) bond motifs is 1. The first-order valence-corrected chi connectivity index (χ1v) is 7.26. The molecule has 3 heteroatoms. The van der Waals surface area contributed by atoms with Gasteiger partial charge in [0.2, 0.25) is 0 Å². The molecule has 0 bridgehead atoms. The molecule has 0 fully saturated rings. The van der Waals surface area contributed by atoms with Crippen LogP contribution >= 0.6 is 0 Å². The van der Waals surface area contributed by atoms with Gasteiger partial charge in [-0.25, -0.2) is 0 Å². The van der Waals surface area contributed by atoms with Crippen LogP contribution in [-0.2, 0) is 12.8 Å². The average molecular weight is 267 g/mol. The minimum atomic E-state index is 0.116. The highest BCUT2D eigenvalue weighted by Crippen LogP contribution is 2.30. The minimum absolute atomic E-state index is 0.116. The fourth-order valence-electron chi connectivity index (χ4n) is 2.82. The number of hydrogen-bond acceptors (Lipinski definition) is 3. The van der Waals surface area contributed by atoms with E-state index in [2.05, 4.69) is 34.1 Å².